The van der Waals surface area contributed by atoms with Crippen molar-refractivity contribution in [2.45, 2.75) is 12.8 Å². The summed E-state index contributed by atoms with van der Waals surface area (Å²) in [5.41, 5.74) is 0. The van der Waals surface area contributed by atoms with Gasteiger partial charge in [-0.15, -0.1) is 12.4 Å². The SMILES string of the molecule is Cl.[2H]C1([2H])CCC([2H])([2H])N1. The van der Waals surface area contributed by atoms with Crippen molar-refractivity contribution >= 4 is 12.4 Å². The number of rotatable bonds is 0. The number of halogens is 1. The van der Waals surface area contributed by atoms with Crippen molar-refractivity contribution in [2.24, 2.45) is 0 Å². The highest BCUT2D eigenvalue weighted by atomic mass is 35.5. The second-order valence-corrected chi connectivity index (χ2v) is 0.979. The summed E-state index contributed by atoms with van der Waals surface area (Å²) in [6.45, 7) is -2.99. The van der Waals surface area contributed by atoms with Crippen LogP contribution in [0, 0.1) is 0 Å². The Bertz CT molecular complexity index is 112. The zero-order chi connectivity index (χ0) is 7.12. The summed E-state index contributed by atoms with van der Waals surface area (Å²) in [6, 6.07) is 0. The second kappa shape index (κ2) is 3.44. The van der Waals surface area contributed by atoms with Crippen LogP contribution in [0.4, 0.5) is 0 Å². The van der Waals surface area contributed by atoms with Gasteiger partial charge in [0, 0.05) is 5.48 Å². The normalized spacial score (nSPS) is 46.7. The van der Waals surface area contributed by atoms with E-state index in [1.54, 1.807) is 0 Å². The van der Waals surface area contributed by atoms with Crippen molar-refractivity contribution in [1.29, 1.82) is 0 Å². The molecular weight excluding hydrogens is 97.5 g/mol. The first-order chi connectivity index (χ1) is 3.91. The predicted molar refractivity (Wildman–Crippen MR) is 29.4 cm³/mol. The number of hydrogen-bond acceptors (Lipinski definition) is 1. The number of hydrogen-bond donors (Lipinski definition) is 1. The van der Waals surface area contributed by atoms with Gasteiger partial charge in [0.05, 0.1) is 0 Å². The predicted octanol–water partition coefficient (Wildman–Crippen LogP) is 0.792. The topological polar surface area (TPSA) is 12.0 Å². The first kappa shape index (κ1) is 2.01. The third-order valence-electron chi connectivity index (χ3n) is 0.552. The molecule has 0 atom stereocenters. The van der Waals surface area contributed by atoms with E-state index < -0.39 is 13.0 Å². The maximum atomic E-state index is 7.06. The molecule has 0 bridgehead atoms. The molecule has 1 saturated heterocycles. The summed E-state index contributed by atoms with van der Waals surface area (Å²) in [5, 5.41) is 2.24. The van der Waals surface area contributed by atoms with Crippen molar-refractivity contribution in [1.82, 2.24) is 5.32 Å². The molecule has 1 aliphatic rings. The Kier molecular flexibility index (Phi) is 1.15. The minimum atomic E-state index is -1.50. The molecule has 1 rings (SSSR count). The fraction of sp³-hybridized carbons (Fsp3) is 1.00. The van der Waals surface area contributed by atoms with Gasteiger partial charge in [-0.1, -0.05) is 0 Å². The highest BCUT2D eigenvalue weighted by molar-refractivity contribution is 5.85. The summed E-state index contributed by atoms with van der Waals surface area (Å²) < 4.78 is 28.2. The van der Waals surface area contributed by atoms with E-state index >= 15 is 0 Å². The third-order valence-corrected chi connectivity index (χ3v) is 0.552. The van der Waals surface area contributed by atoms with E-state index in [2.05, 4.69) is 5.32 Å². The van der Waals surface area contributed by atoms with E-state index in [9.17, 15) is 0 Å². The summed E-state index contributed by atoms with van der Waals surface area (Å²) in [7, 11) is 0. The maximum absolute atomic E-state index is 7.06. The van der Waals surface area contributed by atoms with Crippen LogP contribution in [0.25, 0.3) is 0 Å². The van der Waals surface area contributed by atoms with Gasteiger partial charge in [-0.25, -0.2) is 0 Å². The van der Waals surface area contributed by atoms with Crippen LogP contribution in [0.1, 0.15) is 18.3 Å². The molecule has 0 spiro atoms. The van der Waals surface area contributed by atoms with Crippen LogP contribution in [0.3, 0.4) is 0 Å². The van der Waals surface area contributed by atoms with Crippen LogP contribution in [-0.2, 0) is 0 Å². The van der Waals surface area contributed by atoms with Crippen LogP contribution >= 0.6 is 12.4 Å². The van der Waals surface area contributed by atoms with Crippen LogP contribution in [0.15, 0.2) is 0 Å². The maximum Gasteiger partial charge on any atom is 0.0428 e. The molecule has 0 radical (unpaired) electrons. The molecule has 0 saturated carbocycles. The van der Waals surface area contributed by atoms with E-state index in [0.717, 1.165) is 0 Å². The van der Waals surface area contributed by atoms with Crippen molar-refractivity contribution in [2.75, 3.05) is 13.0 Å². The first-order valence-electron chi connectivity index (χ1n) is 3.71. The Morgan fingerprint density at radius 2 is 1.83 bits per heavy atom. The first-order valence-corrected chi connectivity index (χ1v) is 1.71. The van der Waals surface area contributed by atoms with Crippen molar-refractivity contribution < 1.29 is 5.48 Å². The van der Waals surface area contributed by atoms with E-state index in [1.165, 1.54) is 0 Å². The van der Waals surface area contributed by atoms with Crippen molar-refractivity contribution in [3.8, 4) is 0 Å². The molecule has 1 N–H and O–H groups in total. The van der Waals surface area contributed by atoms with Crippen LogP contribution in [-0.4, -0.2) is 13.0 Å². The summed E-state index contributed by atoms with van der Waals surface area (Å²) in [4.78, 5) is 0. The largest absolute Gasteiger partial charge is 0.317 e. The zero-order valence-electron chi connectivity index (χ0n) is 7.32. The Hall–Kier alpha value is 0.250. The highest BCUT2D eigenvalue weighted by Crippen LogP contribution is 1.90. The molecule has 0 aliphatic carbocycles. The van der Waals surface area contributed by atoms with Crippen LogP contribution in [0.2, 0.25) is 0 Å². The average molecular weight is 112 g/mol. The molecule has 1 nitrogen and oxygen atoms in total. The highest BCUT2D eigenvalue weighted by Gasteiger charge is 1.93. The van der Waals surface area contributed by atoms with Gasteiger partial charge in [-0.2, -0.15) is 0 Å². The van der Waals surface area contributed by atoms with Gasteiger partial charge < -0.3 is 5.32 Å². The van der Waals surface area contributed by atoms with Crippen molar-refractivity contribution in [3.05, 3.63) is 0 Å². The lowest BCUT2D eigenvalue weighted by atomic mass is 10.4. The molecule has 6 heavy (non-hydrogen) atoms. The van der Waals surface area contributed by atoms with Gasteiger partial charge in [-0.05, 0) is 25.8 Å². The lowest BCUT2D eigenvalue weighted by Crippen LogP contribution is -2.03. The van der Waals surface area contributed by atoms with Gasteiger partial charge in [0.15, 0.2) is 0 Å². The fourth-order valence-electron chi connectivity index (χ4n) is 0.312. The van der Waals surface area contributed by atoms with Gasteiger partial charge in [-0.3, -0.25) is 0 Å². The van der Waals surface area contributed by atoms with Crippen molar-refractivity contribution in [3.63, 3.8) is 0 Å². The zero-order valence-corrected chi connectivity index (χ0v) is 4.14. The van der Waals surface area contributed by atoms with E-state index in [1.807, 2.05) is 0 Å². The smallest absolute Gasteiger partial charge is 0.0428 e. The molecule has 38 valence electrons. The molecule has 2 heteroatoms. The molecule has 1 heterocycles. The third kappa shape index (κ3) is 1.63. The van der Waals surface area contributed by atoms with E-state index in [0.29, 0.717) is 0 Å². The molecule has 0 unspecified atom stereocenters. The lowest BCUT2D eigenvalue weighted by molar-refractivity contribution is 0.857. The second-order valence-electron chi connectivity index (χ2n) is 0.979. The van der Waals surface area contributed by atoms with Gasteiger partial charge >= 0.3 is 0 Å². The average Bonchev–Trinajstić information content (AvgIpc) is 1.78. The number of nitrogens with one attached hydrogen (secondary N) is 1. The monoisotopic (exact) mass is 111 g/mol. The summed E-state index contributed by atoms with van der Waals surface area (Å²) >= 11 is 0. The Morgan fingerprint density at radius 3 is 2.00 bits per heavy atom. The summed E-state index contributed by atoms with van der Waals surface area (Å²) in [5.74, 6) is 0. The Labute approximate surface area is 50.2 Å². The molecule has 0 amide bonds. The van der Waals surface area contributed by atoms with Gasteiger partial charge in [0.1, 0.15) is 0 Å². The van der Waals surface area contributed by atoms with Crippen LogP contribution in [0.5, 0.6) is 0 Å². The molecular formula is C4H10ClN. The molecule has 0 aromatic rings. The molecule has 0 aromatic heterocycles. The molecule has 1 aliphatic heterocycles. The minimum Gasteiger partial charge on any atom is -0.317 e. The lowest BCUT2D eigenvalue weighted by Gasteiger charge is -1.76. The van der Waals surface area contributed by atoms with E-state index in [4.69, 9.17) is 5.48 Å². The molecule has 0 aromatic carbocycles. The van der Waals surface area contributed by atoms with Crippen LogP contribution < -0.4 is 5.32 Å². The van der Waals surface area contributed by atoms with E-state index in [-0.39, 0.29) is 25.2 Å². The Balaban J connectivity index is 0.000000810. The minimum absolute atomic E-state index is 0. The quantitative estimate of drug-likeness (QED) is 0.488. The standard InChI is InChI=1S/C4H9N.ClH/c1-2-4-5-3-1;/h5H,1-4H2;1H/i3D2,4D2;. The molecule has 1 fully saturated rings. The Morgan fingerprint density at radius 1 is 1.33 bits per heavy atom. The van der Waals surface area contributed by atoms with Gasteiger partial charge in [0.25, 0.3) is 0 Å². The fourth-order valence-corrected chi connectivity index (χ4v) is 0.312. The summed E-state index contributed by atoms with van der Waals surface area (Å²) in [6.07, 6.45) is 0.528. The van der Waals surface area contributed by atoms with Gasteiger partial charge in [0.2, 0.25) is 0 Å².